The monoisotopic (exact) mass is 680 g/mol. The molecule has 4 aromatic rings. The Labute approximate surface area is 286 Å². The number of nitrogens with zero attached hydrogens (tertiary/aromatic N) is 2. The first-order valence-electron chi connectivity index (χ1n) is 15.5. The number of aryl methyl sites for hydroxylation is 1. The molecule has 258 valence electrons. The van der Waals surface area contributed by atoms with Crippen molar-refractivity contribution in [2.24, 2.45) is 0 Å². The highest BCUT2D eigenvalue weighted by atomic mass is 32.2. The van der Waals surface area contributed by atoms with E-state index in [-0.39, 0.29) is 17.9 Å². The topological polar surface area (TPSA) is 119 Å². The second-order valence-corrected chi connectivity index (χ2v) is 11.4. The number of ether oxygens (including phenoxy) is 3. The molecule has 11 nitrogen and oxygen atoms in total. The average molecular weight is 681 g/mol. The third-order valence-corrected chi connectivity index (χ3v) is 7.74. The number of Topliss-reactive ketones (excluding diaryl/α,β-unsaturated/α-hetero) is 1. The van der Waals surface area contributed by atoms with Gasteiger partial charge in [0, 0.05) is 18.0 Å². The van der Waals surface area contributed by atoms with Crippen molar-refractivity contribution < 1.29 is 41.6 Å². The fourth-order valence-corrected chi connectivity index (χ4v) is 4.76. The lowest BCUT2D eigenvalue weighted by molar-refractivity contribution is -0.168. The van der Waals surface area contributed by atoms with E-state index in [1.165, 1.54) is 14.0 Å². The summed E-state index contributed by atoms with van der Waals surface area (Å²) in [4.78, 5) is 34.1. The predicted octanol–water partition coefficient (Wildman–Crippen LogP) is 8.37. The summed E-state index contributed by atoms with van der Waals surface area (Å²) in [7, 11) is 2.95. The van der Waals surface area contributed by atoms with Gasteiger partial charge in [-0.3, -0.25) is 13.9 Å². The van der Waals surface area contributed by atoms with Crippen LogP contribution < -0.4 is 14.2 Å². The van der Waals surface area contributed by atoms with Crippen LogP contribution in [-0.4, -0.2) is 54.7 Å². The zero-order valence-corrected chi connectivity index (χ0v) is 29.4. The Morgan fingerprint density at radius 3 is 2.08 bits per heavy atom. The number of benzene rings is 3. The van der Waals surface area contributed by atoms with Gasteiger partial charge in [0.15, 0.2) is 18.1 Å². The third-order valence-electron chi connectivity index (χ3n) is 7.18. The van der Waals surface area contributed by atoms with Crippen LogP contribution in [0.3, 0.4) is 0 Å². The number of hydrogen-bond acceptors (Lipinski definition) is 11. The number of rotatable bonds is 15. The molecule has 0 unspecified atom stereocenters. The lowest BCUT2D eigenvalue weighted by Gasteiger charge is -2.32. The van der Waals surface area contributed by atoms with Crippen molar-refractivity contribution in [2.45, 2.75) is 66.2 Å². The molecule has 0 fully saturated rings. The molecule has 0 radical (unpaired) electrons. The standard InChI is InChI=1S/C31H34N2O5.C5H10O4S/c1-21(2)33(31(34)38-28-17-15-26(35-5)16-18-28)22(3)24-11-13-27(14-12-24)36-20-19-29-23(4)37-30(32-29)25-9-7-6-8-10-25;1-4(6)5(2)8-10-9-7-3/h6-18,21-22H,19-20H2,1-5H3;5H,1-3H3/t22-;5-/m11/s1. The fourth-order valence-electron chi connectivity index (χ4n) is 4.42. The Hall–Kier alpha value is -4.36. The van der Waals surface area contributed by atoms with Crippen molar-refractivity contribution in [3.05, 3.63) is 95.9 Å². The summed E-state index contributed by atoms with van der Waals surface area (Å²) >= 11 is 0.647. The number of amides is 1. The van der Waals surface area contributed by atoms with E-state index in [1.54, 1.807) is 43.2 Å². The van der Waals surface area contributed by atoms with Crippen LogP contribution >= 0.6 is 12.3 Å². The molecule has 1 heterocycles. The SMILES string of the molecule is COOSO[C@H](C)C(C)=O.COc1ccc(OC(=O)N(C(C)C)[C@H](C)c2ccc(OCCc3nc(-c4ccccc4)oc3C)cc2)cc1. The van der Waals surface area contributed by atoms with Gasteiger partial charge in [-0.1, -0.05) is 30.3 Å². The zero-order valence-electron chi connectivity index (χ0n) is 28.6. The van der Waals surface area contributed by atoms with Gasteiger partial charge >= 0.3 is 6.09 Å². The number of oxazole rings is 1. The average Bonchev–Trinajstić information content (AvgIpc) is 3.46. The molecule has 0 saturated carbocycles. The van der Waals surface area contributed by atoms with Crippen LogP contribution in [0.2, 0.25) is 0 Å². The minimum Gasteiger partial charge on any atom is -0.497 e. The molecular weight excluding hydrogens is 636 g/mol. The van der Waals surface area contributed by atoms with Crippen molar-refractivity contribution >= 4 is 24.2 Å². The first kappa shape index (κ1) is 38.1. The molecule has 0 aliphatic rings. The molecule has 2 atom stereocenters. The van der Waals surface area contributed by atoms with E-state index in [0.29, 0.717) is 42.7 Å². The van der Waals surface area contributed by atoms with E-state index in [2.05, 4.69) is 14.2 Å². The van der Waals surface area contributed by atoms with E-state index >= 15 is 0 Å². The molecular formula is C36H44N2O9S. The van der Waals surface area contributed by atoms with Crippen molar-refractivity contribution in [1.82, 2.24) is 9.88 Å². The molecule has 0 spiro atoms. The molecule has 0 aliphatic heterocycles. The van der Waals surface area contributed by atoms with Crippen LogP contribution in [-0.2, 0) is 24.6 Å². The highest BCUT2D eigenvalue weighted by molar-refractivity contribution is 7.89. The maximum atomic E-state index is 13.0. The molecule has 0 aliphatic carbocycles. The summed E-state index contributed by atoms with van der Waals surface area (Å²) in [6, 6.07) is 24.4. The van der Waals surface area contributed by atoms with Gasteiger partial charge in [-0.15, -0.1) is 4.33 Å². The summed E-state index contributed by atoms with van der Waals surface area (Å²) in [6.07, 6.45) is -0.227. The minimum absolute atomic E-state index is 0.0489. The van der Waals surface area contributed by atoms with Gasteiger partial charge in [-0.2, -0.15) is 0 Å². The van der Waals surface area contributed by atoms with Gasteiger partial charge in [-0.25, -0.2) is 14.7 Å². The number of carbonyl (C=O) groups is 2. The van der Waals surface area contributed by atoms with Gasteiger partial charge in [-0.05, 0) is 95.6 Å². The molecule has 0 bridgehead atoms. The van der Waals surface area contributed by atoms with Crippen LogP contribution in [0.4, 0.5) is 4.79 Å². The van der Waals surface area contributed by atoms with Crippen LogP contribution in [0.25, 0.3) is 11.5 Å². The Kier molecular flexibility index (Phi) is 15.4. The highest BCUT2D eigenvalue weighted by Gasteiger charge is 2.26. The van der Waals surface area contributed by atoms with Crippen molar-refractivity contribution in [3.8, 4) is 28.7 Å². The van der Waals surface area contributed by atoms with Crippen LogP contribution in [0, 0.1) is 6.92 Å². The summed E-state index contributed by atoms with van der Waals surface area (Å²) < 4.78 is 31.7. The molecule has 3 aromatic carbocycles. The zero-order chi connectivity index (χ0) is 35.1. The Bertz CT molecular complexity index is 1540. The van der Waals surface area contributed by atoms with E-state index in [1.807, 2.05) is 82.3 Å². The second-order valence-electron chi connectivity index (χ2n) is 10.9. The molecule has 1 aromatic heterocycles. The lowest BCUT2D eigenvalue weighted by Crippen LogP contribution is -2.40. The van der Waals surface area contributed by atoms with E-state index in [4.69, 9.17) is 22.8 Å². The van der Waals surface area contributed by atoms with Crippen LogP contribution in [0.5, 0.6) is 17.2 Å². The number of ketones is 1. The molecule has 4 rings (SSSR count). The third kappa shape index (κ3) is 11.7. The van der Waals surface area contributed by atoms with Crippen molar-refractivity contribution in [3.63, 3.8) is 0 Å². The largest absolute Gasteiger partial charge is 0.497 e. The van der Waals surface area contributed by atoms with E-state index in [9.17, 15) is 9.59 Å². The quantitative estimate of drug-likeness (QED) is 0.0521. The summed E-state index contributed by atoms with van der Waals surface area (Å²) in [6.45, 7) is 11.4. The number of hydrogen-bond donors (Lipinski definition) is 0. The van der Waals surface area contributed by atoms with Crippen LogP contribution in [0.1, 0.15) is 57.7 Å². The summed E-state index contributed by atoms with van der Waals surface area (Å²) in [5, 5.41) is 0. The smallest absolute Gasteiger partial charge is 0.415 e. The summed E-state index contributed by atoms with van der Waals surface area (Å²) in [5.74, 6) is 3.29. The van der Waals surface area contributed by atoms with Gasteiger partial charge in [0.2, 0.25) is 5.89 Å². The number of aromatic nitrogens is 1. The van der Waals surface area contributed by atoms with Crippen molar-refractivity contribution in [2.75, 3.05) is 20.8 Å². The second kappa shape index (κ2) is 19.5. The molecule has 0 N–H and O–H groups in total. The first-order valence-corrected chi connectivity index (χ1v) is 16.1. The highest BCUT2D eigenvalue weighted by Crippen LogP contribution is 2.27. The molecule has 1 amide bonds. The number of carbonyl (C=O) groups excluding carboxylic acids is 2. The molecule has 48 heavy (non-hydrogen) atoms. The van der Waals surface area contributed by atoms with Gasteiger partial charge in [0.05, 0.1) is 32.6 Å². The van der Waals surface area contributed by atoms with Gasteiger partial charge in [0.25, 0.3) is 0 Å². The van der Waals surface area contributed by atoms with Crippen molar-refractivity contribution in [1.29, 1.82) is 0 Å². The number of methoxy groups -OCH3 is 1. The van der Waals surface area contributed by atoms with Gasteiger partial charge in [0.1, 0.15) is 29.1 Å². The van der Waals surface area contributed by atoms with E-state index < -0.39 is 12.2 Å². The van der Waals surface area contributed by atoms with Crippen LogP contribution in [0.15, 0.2) is 83.3 Å². The summed E-state index contributed by atoms with van der Waals surface area (Å²) in [5.41, 5.74) is 2.82. The first-order chi connectivity index (χ1) is 23.0. The molecule has 0 saturated heterocycles. The predicted molar refractivity (Wildman–Crippen MR) is 184 cm³/mol. The maximum absolute atomic E-state index is 13.0. The minimum atomic E-state index is -0.458. The van der Waals surface area contributed by atoms with E-state index in [0.717, 1.165) is 28.3 Å². The lowest BCUT2D eigenvalue weighted by atomic mass is 10.1. The Balaban J connectivity index is 0.000000542. The Morgan fingerprint density at radius 2 is 1.50 bits per heavy atom. The maximum Gasteiger partial charge on any atom is 0.415 e. The molecule has 12 heteroatoms. The fraction of sp³-hybridized carbons (Fsp3) is 0.361. The normalized spacial score (nSPS) is 12.0. The Morgan fingerprint density at radius 1 is 0.875 bits per heavy atom. The van der Waals surface area contributed by atoms with Gasteiger partial charge < -0.3 is 18.6 Å².